The second-order valence-corrected chi connectivity index (χ2v) is 4.88. The predicted octanol–water partition coefficient (Wildman–Crippen LogP) is 2.71. The molecule has 2 aromatic rings. The summed E-state index contributed by atoms with van der Waals surface area (Å²) in [5.41, 5.74) is 8.28. The van der Waals surface area contributed by atoms with Crippen LogP contribution < -0.4 is 5.73 Å². The summed E-state index contributed by atoms with van der Waals surface area (Å²) in [5.74, 6) is 0.439. The highest BCUT2D eigenvalue weighted by Gasteiger charge is 2.13. The number of nitrogens with zero attached hydrogens (tertiary/aromatic N) is 3. The first-order valence-corrected chi connectivity index (χ1v) is 6.44. The Morgan fingerprint density at radius 3 is 2.83 bits per heavy atom. The molecule has 0 aliphatic rings. The molecule has 1 aromatic carbocycles. The molecule has 0 bridgehead atoms. The summed E-state index contributed by atoms with van der Waals surface area (Å²) in [6.07, 6.45) is 0.707. The van der Waals surface area contributed by atoms with Gasteiger partial charge in [-0.15, -0.1) is 0 Å². The van der Waals surface area contributed by atoms with Crippen LogP contribution in [0.15, 0.2) is 28.7 Å². The molecule has 1 heterocycles. The molecule has 0 amide bonds. The predicted molar refractivity (Wildman–Crippen MR) is 74.0 cm³/mol. The van der Waals surface area contributed by atoms with E-state index in [-0.39, 0.29) is 0 Å². The number of halogens is 1. The largest absolute Gasteiger partial charge is 0.383 e. The summed E-state index contributed by atoms with van der Waals surface area (Å²) < 4.78 is 2.70. The molecule has 5 heteroatoms. The second kappa shape index (κ2) is 5.23. The Bertz CT molecular complexity index is 610. The van der Waals surface area contributed by atoms with Crippen LogP contribution in [-0.2, 0) is 13.0 Å². The zero-order chi connectivity index (χ0) is 13.1. The summed E-state index contributed by atoms with van der Waals surface area (Å²) in [6.45, 7) is 2.53. The van der Waals surface area contributed by atoms with Crippen LogP contribution in [0.3, 0.4) is 0 Å². The number of aromatic nitrogens is 2. The van der Waals surface area contributed by atoms with Gasteiger partial charge in [0.1, 0.15) is 17.5 Å². The monoisotopic (exact) mass is 304 g/mol. The molecule has 18 heavy (non-hydrogen) atoms. The minimum atomic E-state index is 0.439. The van der Waals surface area contributed by atoms with Crippen molar-refractivity contribution in [2.24, 2.45) is 0 Å². The van der Waals surface area contributed by atoms with Gasteiger partial charge >= 0.3 is 0 Å². The SMILES string of the molecule is CCc1nn(Cc2cccc(Br)c2)c(N)c1C#N. The molecule has 0 atom stereocenters. The van der Waals surface area contributed by atoms with Gasteiger partial charge in [-0.3, -0.25) is 0 Å². The van der Waals surface area contributed by atoms with Gasteiger partial charge in [-0.05, 0) is 24.1 Å². The Balaban J connectivity index is 2.36. The zero-order valence-corrected chi connectivity index (χ0v) is 11.6. The van der Waals surface area contributed by atoms with Gasteiger partial charge in [0.15, 0.2) is 0 Å². The quantitative estimate of drug-likeness (QED) is 0.948. The van der Waals surface area contributed by atoms with E-state index in [2.05, 4.69) is 27.1 Å². The molecule has 2 N–H and O–H groups in total. The van der Waals surface area contributed by atoms with Crippen molar-refractivity contribution in [3.63, 3.8) is 0 Å². The van der Waals surface area contributed by atoms with Gasteiger partial charge in [0.25, 0.3) is 0 Å². The van der Waals surface area contributed by atoms with Crippen LogP contribution in [0.5, 0.6) is 0 Å². The van der Waals surface area contributed by atoms with Crippen LogP contribution in [0.1, 0.15) is 23.7 Å². The topological polar surface area (TPSA) is 67.6 Å². The third kappa shape index (κ3) is 2.39. The normalized spacial score (nSPS) is 10.3. The third-order valence-corrected chi connectivity index (χ3v) is 3.23. The maximum Gasteiger partial charge on any atom is 0.140 e. The van der Waals surface area contributed by atoms with E-state index >= 15 is 0 Å². The summed E-state index contributed by atoms with van der Waals surface area (Å²) >= 11 is 3.43. The number of aryl methyl sites for hydroxylation is 1. The smallest absolute Gasteiger partial charge is 0.140 e. The lowest BCUT2D eigenvalue weighted by Gasteiger charge is -2.04. The Hall–Kier alpha value is -1.80. The summed E-state index contributed by atoms with van der Waals surface area (Å²) in [7, 11) is 0. The molecule has 0 spiro atoms. The summed E-state index contributed by atoms with van der Waals surface area (Å²) in [6, 6.07) is 10.1. The molecule has 4 nitrogen and oxygen atoms in total. The molecule has 0 unspecified atom stereocenters. The maximum atomic E-state index is 9.06. The highest BCUT2D eigenvalue weighted by atomic mass is 79.9. The first-order valence-electron chi connectivity index (χ1n) is 5.65. The minimum absolute atomic E-state index is 0.439. The number of nitrogen functional groups attached to an aromatic ring is 1. The van der Waals surface area contributed by atoms with E-state index in [4.69, 9.17) is 11.0 Å². The van der Waals surface area contributed by atoms with Crippen LogP contribution in [-0.4, -0.2) is 9.78 Å². The molecule has 0 fully saturated rings. The molecule has 0 radical (unpaired) electrons. The van der Waals surface area contributed by atoms with E-state index in [1.165, 1.54) is 0 Å². The van der Waals surface area contributed by atoms with E-state index in [9.17, 15) is 0 Å². The molecule has 0 saturated heterocycles. The zero-order valence-electron chi connectivity index (χ0n) is 10.0. The average molecular weight is 305 g/mol. The van der Waals surface area contributed by atoms with Crippen LogP contribution >= 0.6 is 15.9 Å². The van der Waals surface area contributed by atoms with E-state index in [0.717, 1.165) is 15.7 Å². The van der Waals surface area contributed by atoms with Crippen molar-refractivity contribution in [1.82, 2.24) is 9.78 Å². The van der Waals surface area contributed by atoms with E-state index in [0.29, 0.717) is 24.3 Å². The summed E-state index contributed by atoms with van der Waals surface area (Å²) in [4.78, 5) is 0. The van der Waals surface area contributed by atoms with Crippen molar-refractivity contribution in [3.8, 4) is 6.07 Å². The fourth-order valence-corrected chi connectivity index (χ4v) is 2.27. The number of benzene rings is 1. The molecular weight excluding hydrogens is 292 g/mol. The molecule has 92 valence electrons. The molecule has 0 saturated carbocycles. The molecule has 1 aromatic heterocycles. The van der Waals surface area contributed by atoms with Crippen molar-refractivity contribution in [2.45, 2.75) is 19.9 Å². The second-order valence-electron chi connectivity index (χ2n) is 3.96. The van der Waals surface area contributed by atoms with Gasteiger partial charge in [-0.1, -0.05) is 35.0 Å². The summed E-state index contributed by atoms with van der Waals surface area (Å²) in [5, 5.41) is 13.4. The number of hydrogen-bond donors (Lipinski definition) is 1. The molecule has 0 aliphatic heterocycles. The fourth-order valence-electron chi connectivity index (χ4n) is 1.82. The average Bonchev–Trinajstić information content (AvgIpc) is 2.66. The van der Waals surface area contributed by atoms with Crippen molar-refractivity contribution >= 4 is 21.7 Å². The first kappa shape index (κ1) is 12.7. The highest BCUT2D eigenvalue weighted by Crippen LogP contribution is 2.19. The Morgan fingerprint density at radius 2 is 2.28 bits per heavy atom. The lowest BCUT2D eigenvalue weighted by molar-refractivity contribution is 0.682. The lowest BCUT2D eigenvalue weighted by atomic mass is 10.2. The van der Waals surface area contributed by atoms with Crippen molar-refractivity contribution in [2.75, 3.05) is 5.73 Å². The Labute approximate surface area is 114 Å². The highest BCUT2D eigenvalue weighted by molar-refractivity contribution is 9.10. The number of nitrogens with two attached hydrogens (primary N) is 1. The molecule has 0 aliphatic carbocycles. The van der Waals surface area contributed by atoms with Crippen LogP contribution in [0, 0.1) is 11.3 Å². The van der Waals surface area contributed by atoms with Crippen LogP contribution in [0.4, 0.5) is 5.82 Å². The third-order valence-electron chi connectivity index (χ3n) is 2.73. The van der Waals surface area contributed by atoms with Gasteiger partial charge in [-0.2, -0.15) is 10.4 Å². The maximum absolute atomic E-state index is 9.06. The van der Waals surface area contributed by atoms with Crippen molar-refractivity contribution < 1.29 is 0 Å². The van der Waals surface area contributed by atoms with Crippen molar-refractivity contribution in [1.29, 1.82) is 5.26 Å². The van der Waals surface area contributed by atoms with Gasteiger partial charge < -0.3 is 5.73 Å². The van der Waals surface area contributed by atoms with Gasteiger partial charge in [0.05, 0.1) is 12.2 Å². The Kier molecular flexibility index (Phi) is 3.68. The molecule has 2 rings (SSSR count). The van der Waals surface area contributed by atoms with Gasteiger partial charge in [0.2, 0.25) is 0 Å². The fraction of sp³-hybridized carbons (Fsp3) is 0.231. The number of rotatable bonds is 3. The number of nitriles is 1. The molecular formula is C13H13BrN4. The first-order chi connectivity index (χ1) is 8.65. The minimum Gasteiger partial charge on any atom is -0.383 e. The van der Waals surface area contributed by atoms with Crippen LogP contribution in [0.2, 0.25) is 0 Å². The van der Waals surface area contributed by atoms with E-state index in [1.807, 2.05) is 31.2 Å². The van der Waals surface area contributed by atoms with Gasteiger partial charge in [-0.25, -0.2) is 4.68 Å². The van der Waals surface area contributed by atoms with E-state index in [1.54, 1.807) is 4.68 Å². The number of anilines is 1. The lowest BCUT2D eigenvalue weighted by Crippen LogP contribution is -2.06. The Morgan fingerprint density at radius 1 is 1.50 bits per heavy atom. The van der Waals surface area contributed by atoms with Crippen molar-refractivity contribution in [3.05, 3.63) is 45.6 Å². The van der Waals surface area contributed by atoms with Gasteiger partial charge in [0, 0.05) is 4.47 Å². The van der Waals surface area contributed by atoms with Crippen LogP contribution in [0.25, 0.3) is 0 Å². The van der Waals surface area contributed by atoms with E-state index < -0.39 is 0 Å². The number of hydrogen-bond acceptors (Lipinski definition) is 3. The standard InChI is InChI=1S/C13H13BrN4/c1-2-12-11(7-15)13(16)18(17-12)8-9-4-3-5-10(14)6-9/h3-6H,2,8,16H2,1H3.